The quantitative estimate of drug-likeness (QED) is 0.631. The molecule has 20 heavy (non-hydrogen) atoms. The zero-order chi connectivity index (χ0) is 14.5. The third-order valence-electron chi connectivity index (χ3n) is 4.05. The average Bonchev–Trinajstić information content (AvgIpc) is 2.47. The van der Waals surface area contributed by atoms with Gasteiger partial charge in [-0.05, 0) is 42.9 Å². The Bertz CT molecular complexity index is 475. The van der Waals surface area contributed by atoms with Crippen LogP contribution in [0, 0.1) is 11.8 Å². The Morgan fingerprint density at radius 1 is 1.20 bits per heavy atom. The number of hydrogen-bond acceptors (Lipinski definition) is 4. The van der Waals surface area contributed by atoms with Crippen molar-refractivity contribution in [3.63, 3.8) is 0 Å². The normalized spacial score (nSPS) is 22.4. The van der Waals surface area contributed by atoms with Gasteiger partial charge in [0, 0.05) is 13.2 Å². The van der Waals surface area contributed by atoms with Gasteiger partial charge in [-0.2, -0.15) is 0 Å². The highest BCUT2D eigenvalue weighted by Gasteiger charge is 2.25. The smallest absolute Gasteiger partial charge is 0.255 e. The lowest BCUT2D eigenvalue weighted by Gasteiger charge is -2.30. The SMILES string of the molecule is O=C(NCC1CCCCC1CO)c1cc(O)ccc1O. The third-order valence-corrected chi connectivity index (χ3v) is 4.05. The minimum atomic E-state index is -0.402. The summed E-state index contributed by atoms with van der Waals surface area (Å²) in [5.74, 6) is -0.0962. The molecular formula is C15H21NO4. The van der Waals surface area contributed by atoms with Crippen LogP contribution in [0.5, 0.6) is 11.5 Å². The minimum Gasteiger partial charge on any atom is -0.508 e. The van der Waals surface area contributed by atoms with E-state index in [9.17, 15) is 20.1 Å². The second-order valence-corrected chi connectivity index (χ2v) is 5.40. The number of aliphatic hydroxyl groups excluding tert-OH is 1. The Labute approximate surface area is 118 Å². The third kappa shape index (κ3) is 3.42. The van der Waals surface area contributed by atoms with E-state index >= 15 is 0 Å². The molecule has 110 valence electrons. The number of rotatable bonds is 4. The van der Waals surface area contributed by atoms with Gasteiger partial charge in [0.05, 0.1) is 5.56 Å². The highest BCUT2D eigenvalue weighted by Crippen LogP contribution is 2.29. The predicted molar refractivity (Wildman–Crippen MR) is 74.6 cm³/mol. The van der Waals surface area contributed by atoms with E-state index < -0.39 is 5.91 Å². The van der Waals surface area contributed by atoms with Crippen LogP contribution < -0.4 is 5.32 Å². The van der Waals surface area contributed by atoms with Crippen LogP contribution >= 0.6 is 0 Å². The summed E-state index contributed by atoms with van der Waals surface area (Å²) < 4.78 is 0. The van der Waals surface area contributed by atoms with Gasteiger partial charge in [-0.1, -0.05) is 12.8 Å². The molecule has 0 saturated heterocycles. The van der Waals surface area contributed by atoms with E-state index in [-0.39, 0.29) is 35.5 Å². The van der Waals surface area contributed by atoms with Gasteiger partial charge in [0.2, 0.25) is 0 Å². The van der Waals surface area contributed by atoms with Gasteiger partial charge < -0.3 is 20.6 Å². The first-order valence-corrected chi connectivity index (χ1v) is 7.03. The number of nitrogens with one attached hydrogen (secondary N) is 1. The fourth-order valence-electron chi connectivity index (χ4n) is 2.82. The maximum absolute atomic E-state index is 12.0. The monoisotopic (exact) mass is 279 g/mol. The summed E-state index contributed by atoms with van der Waals surface area (Å²) in [6.07, 6.45) is 4.24. The molecule has 1 aromatic rings. The number of benzene rings is 1. The topological polar surface area (TPSA) is 89.8 Å². The second kappa shape index (κ2) is 6.61. The van der Waals surface area contributed by atoms with Gasteiger partial charge in [-0.15, -0.1) is 0 Å². The number of phenols is 2. The van der Waals surface area contributed by atoms with Crippen LogP contribution in [0.3, 0.4) is 0 Å². The Morgan fingerprint density at radius 3 is 2.60 bits per heavy atom. The van der Waals surface area contributed by atoms with Gasteiger partial charge in [0.25, 0.3) is 5.91 Å². The van der Waals surface area contributed by atoms with E-state index in [1.54, 1.807) is 0 Å². The molecule has 0 aromatic heterocycles. The number of aromatic hydroxyl groups is 2. The number of phenolic OH excluding ortho intramolecular Hbond substituents is 2. The molecule has 5 nitrogen and oxygen atoms in total. The fraction of sp³-hybridized carbons (Fsp3) is 0.533. The van der Waals surface area contributed by atoms with Gasteiger partial charge >= 0.3 is 0 Å². The number of hydrogen-bond donors (Lipinski definition) is 4. The summed E-state index contributed by atoms with van der Waals surface area (Å²) in [7, 11) is 0. The molecule has 5 heteroatoms. The first-order chi connectivity index (χ1) is 9.61. The molecule has 1 aliphatic carbocycles. The summed E-state index contributed by atoms with van der Waals surface area (Å²) in [5.41, 5.74) is 0.0707. The molecule has 1 saturated carbocycles. The number of carbonyl (C=O) groups excluding carboxylic acids is 1. The first-order valence-electron chi connectivity index (χ1n) is 7.03. The number of amides is 1. The van der Waals surface area contributed by atoms with Crippen molar-refractivity contribution < 1.29 is 20.1 Å². The van der Waals surface area contributed by atoms with Crippen molar-refractivity contribution in [2.24, 2.45) is 11.8 Å². The van der Waals surface area contributed by atoms with E-state index in [2.05, 4.69) is 5.32 Å². The second-order valence-electron chi connectivity index (χ2n) is 5.40. The molecule has 0 aliphatic heterocycles. The van der Waals surface area contributed by atoms with Crippen LogP contribution in [0.2, 0.25) is 0 Å². The van der Waals surface area contributed by atoms with Crippen LogP contribution in [0.1, 0.15) is 36.0 Å². The molecule has 1 aliphatic rings. The fourth-order valence-corrected chi connectivity index (χ4v) is 2.82. The molecule has 1 amide bonds. The summed E-state index contributed by atoms with van der Waals surface area (Å²) in [5, 5.41) is 31.1. The van der Waals surface area contributed by atoms with E-state index in [1.165, 1.54) is 18.2 Å². The Kier molecular flexibility index (Phi) is 4.84. The van der Waals surface area contributed by atoms with Crippen molar-refractivity contribution in [1.29, 1.82) is 0 Å². The molecule has 2 atom stereocenters. The molecule has 1 aromatic carbocycles. The van der Waals surface area contributed by atoms with Crippen molar-refractivity contribution >= 4 is 5.91 Å². The molecular weight excluding hydrogens is 258 g/mol. The first kappa shape index (κ1) is 14.7. The van der Waals surface area contributed by atoms with Gasteiger partial charge in [0.1, 0.15) is 11.5 Å². The van der Waals surface area contributed by atoms with E-state index in [1.807, 2.05) is 0 Å². The maximum atomic E-state index is 12.0. The zero-order valence-electron chi connectivity index (χ0n) is 11.4. The zero-order valence-corrected chi connectivity index (χ0v) is 11.4. The summed E-state index contributed by atoms with van der Waals surface area (Å²) >= 11 is 0. The van der Waals surface area contributed by atoms with Crippen molar-refractivity contribution in [3.05, 3.63) is 23.8 Å². The van der Waals surface area contributed by atoms with E-state index in [0.29, 0.717) is 6.54 Å². The van der Waals surface area contributed by atoms with E-state index in [4.69, 9.17) is 0 Å². The molecule has 4 N–H and O–H groups in total. The van der Waals surface area contributed by atoms with Crippen LogP contribution in [-0.2, 0) is 0 Å². The van der Waals surface area contributed by atoms with Crippen LogP contribution in [0.15, 0.2) is 18.2 Å². The molecule has 0 heterocycles. The van der Waals surface area contributed by atoms with Crippen LogP contribution in [0.4, 0.5) is 0 Å². The van der Waals surface area contributed by atoms with Crippen LogP contribution in [0.25, 0.3) is 0 Å². The molecule has 0 radical (unpaired) electrons. The lowest BCUT2D eigenvalue weighted by Crippen LogP contribution is -2.35. The standard InChI is InChI=1S/C15H21NO4/c17-9-11-4-2-1-3-10(11)8-16-15(20)13-7-12(18)5-6-14(13)19/h5-7,10-11,17-19H,1-4,8-9H2,(H,16,20). The summed E-state index contributed by atoms with van der Waals surface area (Å²) in [6, 6.07) is 3.87. The Hall–Kier alpha value is -1.75. The Morgan fingerprint density at radius 2 is 1.90 bits per heavy atom. The Balaban J connectivity index is 1.96. The molecule has 0 spiro atoms. The molecule has 2 unspecified atom stereocenters. The minimum absolute atomic E-state index is 0.0566. The van der Waals surface area contributed by atoms with Crippen LogP contribution in [-0.4, -0.2) is 34.4 Å². The van der Waals surface area contributed by atoms with Gasteiger partial charge in [-0.3, -0.25) is 4.79 Å². The lowest BCUT2D eigenvalue weighted by atomic mass is 9.79. The van der Waals surface area contributed by atoms with Crippen molar-refractivity contribution in [2.75, 3.05) is 13.2 Å². The molecule has 1 fully saturated rings. The molecule has 2 rings (SSSR count). The number of aliphatic hydroxyl groups is 1. The summed E-state index contributed by atoms with van der Waals surface area (Å²) in [4.78, 5) is 12.0. The number of carbonyl (C=O) groups is 1. The summed E-state index contributed by atoms with van der Waals surface area (Å²) in [6.45, 7) is 0.636. The highest BCUT2D eigenvalue weighted by molar-refractivity contribution is 5.97. The molecule has 0 bridgehead atoms. The largest absolute Gasteiger partial charge is 0.508 e. The van der Waals surface area contributed by atoms with Crippen molar-refractivity contribution in [3.8, 4) is 11.5 Å². The van der Waals surface area contributed by atoms with E-state index in [0.717, 1.165) is 25.7 Å². The van der Waals surface area contributed by atoms with Crippen molar-refractivity contribution in [1.82, 2.24) is 5.32 Å². The lowest BCUT2D eigenvalue weighted by molar-refractivity contribution is 0.0906. The average molecular weight is 279 g/mol. The van der Waals surface area contributed by atoms with Crippen molar-refractivity contribution in [2.45, 2.75) is 25.7 Å². The predicted octanol–water partition coefficient (Wildman–Crippen LogP) is 1.63. The maximum Gasteiger partial charge on any atom is 0.255 e. The van der Waals surface area contributed by atoms with Gasteiger partial charge in [-0.25, -0.2) is 0 Å². The van der Waals surface area contributed by atoms with Gasteiger partial charge in [0.15, 0.2) is 0 Å². The highest BCUT2D eigenvalue weighted by atomic mass is 16.3.